The molecule has 0 radical (unpaired) electrons. The van der Waals surface area contributed by atoms with Crippen molar-refractivity contribution >= 4 is 22.8 Å². The molecule has 22 heavy (non-hydrogen) atoms. The molecule has 5 nitrogen and oxygen atoms in total. The van der Waals surface area contributed by atoms with Gasteiger partial charge in [-0.05, 0) is 36.8 Å². The number of carboxylic acid groups (broad SMARTS) is 1. The van der Waals surface area contributed by atoms with Gasteiger partial charge in [0.05, 0.1) is 5.92 Å². The summed E-state index contributed by atoms with van der Waals surface area (Å²) in [6, 6.07) is 10.2. The number of benzene rings is 1. The smallest absolute Gasteiger partial charge is 0.306 e. The molecule has 2 aromatic rings. The number of aromatic nitrogens is 1. The van der Waals surface area contributed by atoms with Gasteiger partial charge in [0.2, 0.25) is 5.91 Å². The molecule has 1 aliphatic rings. The Bertz CT molecular complexity index is 659. The molecule has 1 amide bonds. The predicted molar refractivity (Wildman–Crippen MR) is 83.5 cm³/mol. The predicted octanol–water partition coefficient (Wildman–Crippen LogP) is 2.33. The number of carbonyl (C=O) groups excluding carboxylic acids is 1. The van der Waals surface area contributed by atoms with Crippen LogP contribution in [0.5, 0.6) is 0 Å². The second kappa shape index (κ2) is 6.22. The van der Waals surface area contributed by atoms with Crippen molar-refractivity contribution in [2.75, 3.05) is 6.54 Å². The average Bonchev–Trinajstić information content (AvgIpc) is 3.13. The monoisotopic (exact) mass is 300 g/mol. The van der Waals surface area contributed by atoms with Crippen molar-refractivity contribution in [3.05, 3.63) is 36.0 Å². The zero-order chi connectivity index (χ0) is 15.5. The van der Waals surface area contributed by atoms with E-state index < -0.39 is 5.97 Å². The van der Waals surface area contributed by atoms with Crippen molar-refractivity contribution in [1.82, 2.24) is 10.3 Å². The molecule has 1 aromatic heterocycles. The zero-order valence-electron chi connectivity index (χ0n) is 12.3. The third-order valence-corrected chi connectivity index (χ3v) is 4.43. The summed E-state index contributed by atoms with van der Waals surface area (Å²) in [4.78, 5) is 26.3. The maximum Gasteiger partial charge on any atom is 0.306 e. The molecule has 0 aliphatic heterocycles. The van der Waals surface area contributed by atoms with Crippen LogP contribution in [0.15, 0.2) is 30.3 Å². The first-order valence-electron chi connectivity index (χ1n) is 7.70. The lowest BCUT2D eigenvalue weighted by Gasteiger charge is -2.10. The number of hydrogen-bond acceptors (Lipinski definition) is 2. The molecule has 116 valence electrons. The Balaban J connectivity index is 1.48. The molecule has 2 atom stereocenters. The Morgan fingerprint density at radius 2 is 2.00 bits per heavy atom. The van der Waals surface area contributed by atoms with Crippen molar-refractivity contribution in [1.29, 1.82) is 0 Å². The Labute approximate surface area is 128 Å². The minimum atomic E-state index is -0.784. The highest BCUT2D eigenvalue weighted by Gasteiger charge is 2.33. The highest BCUT2D eigenvalue weighted by Crippen LogP contribution is 2.31. The van der Waals surface area contributed by atoms with E-state index in [1.165, 1.54) is 5.39 Å². The van der Waals surface area contributed by atoms with Gasteiger partial charge in [0.15, 0.2) is 0 Å². The second-order valence-electron chi connectivity index (χ2n) is 5.97. The lowest BCUT2D eigenvalue weighted by molar-refractivity contribution is -0.141. The van der Waals surface area contributed by atoms with Gasteiger partial charge >= 0.3 is 5.97 Å². The second-order valence-corrected chi connectivity index (χ2v) is 5.97. The average molecular weight is 300 g/mol. The fourth-order valence-electron chi connectivity index (χ4n) is 3.18. The molecule has 1 saturated carbocycles. The Morgan fingerprint density at radius 3 is 2.73 bits per heavy atom. The first-order valence-corrected chi connectivity index (χ1v) is 7.70. The normalized spacial score (nSPS) is 21.1. The third kappa shape index (κ3) is 3.13. The molecule has 0 bridgehead atoms. The van der Waals surface area contributed by atoms with Crippen molar-refractivity contribution in [2.24, 2.45) is 11.8 Å². The standard InChI is InChI=1S/C17H20N2O3/c20-16(12-5-6-13(9-12)17(21)22)18-8-7-14-10-11-3-1-2-4-15(11)19-14/h1-4,10,12-13,19H,5-9H2,(H,18,20)(H,21,22)/t12-,13+/m0/s1. The number of hydrogen-bond donors (Lipinski definition) is 3. The van der Waals surface area contributed by atoms with Crippen molar-refractivity contribution in [3.8, 4) is 0 Å². The van der Waals surface area contributed by atoms with Gasteiger partial charge in [-0.2, -0.15) is 0 Å². The number of H-pyrrole nitrogens is 1. The van der Waals surface area contributed by atoms with E-state index in [0.717, 1.165) is 17.6 Å². The number of rotatable bonds is 5. The molecule has 1 aliphatic carbocycles. The maximum atomic E-state index is 12.1. The Morgan fingerprint density at radius 1 is 1.23 bits per heavy atom. The third-order valence-electron chi connectivity index (χ3n) is 4.43. The molecule has 3 N–H and O–H groups in total. The molecule has 1 heterocycles. The molecule has 0 unspecified atom stereocenters. The molecule has 5 heteroatoms. The van der Waals surface area contributed by atoms with E-state index in [0.29, 0.717) is 25.8 Å². The van der Waals surface area contributed by atoms with Gasteiger partial charge in [-0.3, -0.25) is 9.59 Å². The maximum absolute atomic E-state index is 12.1. The minimum absolute atomic E-state index is 0.0140. The van der Waals surface area contributed by atoms with Gasteiger partial charge in [0.1, 0.15) is 0 Å². The molecule has 1 fully saturated rings. The Kier molecular flexibility index (Phi) is 4.13. The molecule has 1 aromatic carbocycles. The van der Waals surface area contributed by atoms with E-state index in [9.17, 15) is 9.59 Å². The van der Waals surface area contributed by atoms with E-state index >= 15 is 0 Å². The van der Waals surface area contributed by atoms with Crippen LogP contribution in [0.2, 0.25) is 0 Å². The number of aliphatic carboxylic acids is 1. The lowest BCUT2D eigenvalue weighted by Crippen LogP contribution is -2.31. The van der Waals surface area contributed by atoms with E-state index in [2.05, 4.69) is 22.4 Å². The van der Waals surface area contributed by atoms with Gasteiger partial charge < -0.3 is 15.4 Å². The fraction of sp³-hybridized carbons (Fsp3) is 0.412. The van der Waals surface area contributed by atoms with Gasteiger partial charge in [0.25, 0.3) is 0 Å². The molecule has 0 saturated heterocycles. The number of carbonyl (C=O) groups is 2. The number of nitrogens with one attached hydrogen (secondary N) is 2. The quantitative estimate of drug-likeness (QED) is 0.792. The van der Waals surface area contributed by atoms with Crippen LogP contribution in [0, 0.1) is 11.8 Å². The summed E-state index contributed by atoms with van der Waals surface area (Å²) < 4.78 is 0. The van der Waals surface area contributed by atoms with E-state index in [-0.39, 0.29) is 17.7 Å². The van der Waals surface area contributed by atoms with E-state index in [4.69, 9.17) is 5.11 Å². The highest BCUT2D eigenvalue weighted by atomic mass is 16.4. The molecular weight excluding hydrogens is 280 g/mol. The molecule has 3 rings (SSSR count). The van der Waals surface area contributed by atoms with Gasteiger partial charge in [-0.25, -0.2) is 0 Å². The van der Waals surface area contributed by atoms with Crippen LogP contribution in [0.4, 0.5) is 0 Å². The van der Waals surface area contributed by atoms with Crippen LogP contribution in [0.25, 0.3) is 10.9 Å². The topological polar surface area (TPSA) is 82.2 Å². The van der Waals surface area contributed by atoms with Crippen LogP contribution in [0.1, 0.15) is 25.0 Å². The van der Waals surface area contributed by atoms with Crippen LogP contribution in [-0.2, 0) is 16.0 Å². The van der Waals surface area contributed by atoms with E-state index in [1.807, 2.05) is 18.2 Å². The first-order chi connectivity index (χ1) is 10.6. The van der Waals surface area contributed by atoms with Gasteiger partial charge in [-0.15, -0.1) is 0 Å². The van der Waals surface area contributed by atoms with Crippen LogP contribution in [0.3, 0.4) is 0 Å². The number of para-hydroxylation sites is 1. The number of amides is 1. The minimum Gasteiger partial charge on any atom is -0.481 e. The van der Waals surface area contributed by atoms with Gasteiger partial charge in [-0.1, -0.05) is 18.2 Å². The summed E-state index contributed by atoms with van der Waals surface area (Å²) in [5.41, 5.74) is 2.19. The van der Waals surface area contributed by atoms with Gasteiger partial charge in [0, 0.05) is 30.1 Å². The summed E-state index contributed by atoms with van der Waals surface area (Å²) >= 11 is 0. The molecule has 0 spiro atoms. The van der Waals surface area contributed by atoms with Crippen molar-refractivity contribution in [3.63, 3.8) is 0 Å². The zero-order valence-corrected chi connectivity index (χ0v) is 12.3. The van der Waals surface area contributed by atoms with E-state index in [1.54, 1.807) is 0 Å². The summed E-state index contributed by atoms with van der Waals surface area (Å²) in [5, 5.41) is 13.1. The number of aromatic amines is 1. The van der Waals surface area contributed by atoms with Crippen molar-refractivity contribution in [2.45, 2.75) is 25.7 Å². The summed E-state index contributed by atoms with van der Waals surface area (Å²) in [6.07, 6.45) is 2.49. The summed E-state index contributed by atoms with van der Waals surface area (Å²) in [6.45, 7) is 0.569. The van der Waals surface area contributed by atoms with Crippen LogP contribution >= 0.6 is 0 Å². The Hall–Kier alpha value is -2.30. The largest absolute Gasteiger partial charge is 0.481 e. The summed E-state index contributed by atoms with van der Waals surface area (Å²) in [7, 11) is 0. The fourth-order valence-corrected chi connectivity index (χ4v) is 3.18. The highest BCUT2D eigenvalue weighted by molar-refractivity contribution is 5.81. The molecular formula is C17H20N2O3. The van der Waals surface area contributed by atoms with Crippen molar-refractivity contribution < 1.29 is 14.7 Å². The van der Waals surface area contributed by atoms with Crippen LogP contribution < -0.4 is 5.32 Å². The lowest BCUT2D eigenvalue weighted by atomic mass is 10.0. The number of fused-ring (bicyclic) bond motifs is 1. The first kappa shape index (κ1) is 14.6. The van der Waals surface area contributed by atoms with Crippen LogP contribution in [-0.4, -0.2) is 28.5 Å². The SMILES string of the molecule is O=C(O)[C@@H]1CC[C@H](C(=O)NCCc2cc3ccccc3[nH]2)C1. The number of carboxylic acids is 1. The summed E-state index contributed by atoms with van der Waals surface area (Å²) in [5.74, 6) is -1.30.